The second-order valence-corrected chi connectivity index (χ2v) is 9.95. The van der Waals surface area contributed by atoms with Crippen molar-refractivity contribution >= 4 is 44.1 Å². The summed E-state index contributed by atoms with van der Waals surface area (Å²) in [6.07, 6.45) is 2.56. The molecule has 8 heteroatoms. The molecule has 1 heterocycles. The van der Waals surface area contributed by atoms with E-state index in [0.29, 0.717) is 18.7 Å². The van der Waals surface area contributed by atoms with Gasteiger partial charge in [-0.25, -0.2) is 13.2 Å². The van der Waals surface area contributed by atoms with Gasteiger partial charge in [0, 0.05) is 18.7 Å². The van der Waals surface area contributed by atoms with Gasteiger partial charge >= 0.3 is 5.97 Å². The summed E-state index contributed by atoms with van der Waals surface area (Å²) in [6, 6.07) is 16.8. The molecule has 4 rings (SSSR count). The van der Waals surface area contributed by atoms with Gasteiger partial charge in [-0.1, -0.05) is 60.5 Å². The topological polar surface area (TPSA) is 80.8 Å². The van der Waals surface area contributed by atoms with Gasteiger partial charge < -0.3 is 4.74 Å². The van der Waals surface area contributed by atoms with Crippen LogP contribution in [-0.2, 0) is 14.8 Å². The predicted molar refractivity (Wildman–Crippen MR) is 123 cm³/mol. The third-order valence-corrected chi connectivity index (χ3v) is 7.90. The van der Waals surface area contributed by atoms with E-state index >= 15 is 0 Å². The molecule has 32 heavy (non-hydrogen) atoms. The number of piperidine rings is 1. The number of nitrogens with zero attached hydrogens (tertiary/aromatic N) is 1. The largest absolute Gasteiger partial charge is 0.454 e. The van der Waals surface area contributed by atoms with Crippen LogP contribution < -0.4 is 0 Å². The molecule has 166 valence electrons. The third-order valence-electron chi connectivity index (χ3n) is 5.52. The molecule has 1 aliphatic rings. The summed E-state index contributed by atoms with van der Waals surface area (Å²) in [5, 5.41) is 1.73. The number of ether oxygens (including phenoxy) is 1. The fraction of sp³-hybridized carbons (Fsp3) is 0.250. The molecule has 0 bridgehead atoms. The molecule has 0 unspecified atom stereocenters. The number of ketones is 1. The number of carbonyl (C=O) groups is 2. The number of hydrogen-bond acceptors (Lipinski definition) is 5. The summed E-state index contributed by atoms with van der Waals surface area (Å²) in [6.45, 7) is 0.392. The lowest BCUT2D eigenvalue weighted by atomic mass is 10.0. The Morgan fingerprint density at radius 3 is 2.44 bits per heavy atom. The van der Waals surface area contributed by atoms with Crippen molar-refractivity contribution in [1.29, 1.82) is 0 Å². The smallest absolute Gasteiger partial charge is 0.338 e. The van der Waals surface area contributed by atoms with Crippen LogP contribution >= 0.6 is 11.6 Å². The van der Waals surface area contributed by atoms with Crippen LogP contribution in [0.2, 0.25) is 5.02 Å². The average Bonchev–Trinajstić information content (AvgIpc) is 2.82. The number of esters is 1. The van der Waals surface area contributed by atoms with E-state index in [0.717, 1.165) is 30.0 Å². The first-order valence-corrected chi connectivity index (χ1v) is 12.2. The molecule has 1 fully saturated rings. The summed E-state index contributed by atoms with van der Waals surface area (Å²) in [5.41, 5.74) is 0.482. The first kappa shape index (κ1) is 22.5. The zero-order chi connectivity index (χ0) is 22.7. The molecule has 0 N–H and O–H groups in total. The normalized spacial score (nSPS) is 14.9. The highest BCUT2D eigenvalue weighted by Crippen LogP contribution is 2.28. The highest BCUT2D eigenvalue weighted by atomic mass is 35.5. The maximum Gasteiger partial charge on any atom is 0.338 e. The van der Waals surface area contributed by atoms with E-state index in [-0.39, 0.29) is 21.3 Å². The van der Waals surface area contributed by atoms with Crippen LogP contribution in [0.4, 0.5) is 0 Å². The van der Waals surface area contributed by atoms with Gasteiger partial charge in [0.2, 0.25) is 15.8 Å². The minimum absolute atomic E-state index is 0.0238. The molecule has 0 aromatic heterocycles. The van der Waals surface area contributed by atoms with Crippen molar-refractivity contribution in [2.24, 2.45) is 0 Å². The van der Waals surface area contributed by atoms with Crippen molar-refractivity contribution in [3.8, 4) is 0 Å². The molecule has 1 saturated heterocycles. The molecule has 0 aliphatic carbocycles. The maximum absolute atomic E-state index is 13.0. The molecule has 0 radical (unpaired) electrons. The number of benzene rings is 3. The van der Waals surface area contributed by atoms with E-state index in [1.807, 2.05) is 30.3 Å². The van der Waals surface area contributed by atoms with Crippen LogP contribution in [0, 0.1) is 0 Å². The lowest BCUT2D eigenvalue weighted by Gasteiger charge is -2.26. The number of halogens is 1. The van der Waals surface area contributed by atoms with Gasteiger partial charge in [0.1, 0.15) is 4.90 Å². The third kappa shape index (κ3) is 4.55. The Morgan fingerprint density at radius 1 is 0.938 bits per heavy atom. The molecule has 0 saturated carbocycles. The van der Waals surface area contributed by atoms with E-state index in [4.69, 9.17) is 16.3 Å². The van der Waals surface area contributed by atoms with Gasteiger partial charge in [-0.05, 0) is 41.8 Å². The van der Waals surface area contributed by atoms with Crippen molar-refractivity contribution in [1.82, 2.24) is 4.31 Å². The molecule has 0 atom stereocenters. The summed E-state index contributed by atoms with van der Waals surface area (Å²) in [4.78, 5) is 25.1. The number of rotatable bonds is 6. The number of hydrogen-bond donors (Lipinski definition) is 0. The lowest BCUT2D eigenvalue weighted by molar-refractivity contribution is 0.0475. The highest BCUT2D eigenvalue weighted by Gasteiger charge is 2.29. The van der Waals surface area contributed by atoms with E-state index in [9.17, 15) is 18.0 Å². The fourth-order valence-electron chi connectivity index (χ4n) is 3.83. The molecule has 3 aromatic rings. The molecular formula is C24H22ClNO5S. The quantitative estimate of drug-likeness (QED) is 0.384. The Balaban J connectivity index is 1.51. The highest BCUT2D eigenvalue weighted by molar-refractivity contribution is 7.89. The number of carbonyl (C=O) groups excluding carboxylic acids is 2. The molecule has 3 aromatic carbocycles. The number of sulfonamides is 1. The van der Waals surface area contributed by atoms with Gasteiger partial charge in [-0.15, -0.1) is 0 Å². The van der Waals surface area contributed by atoms with Crippen molar-refractivity contribution < 1.29 is 22.7 Å². The Morgan fingerprint density at radius 2 is 1.66 bits per heavy atom. The van der Waals surface area contributed by atoms with Crippen molar-refractivity contribution in [2.75, 3.05) is 19.7 Å². The Kier molecular flexibility index (Phi) is 6.60. The second kappa shape index (κ2) is 9.40. The Labute approximate surface area is 191 Å². The van der Waals surface area contributed by atoms with E-state index in [2.05, 4.69) is 0 Å². The van der Waals surface area contributed by atoms with Crippen molar-refractivity contribution in [3.63, 3.8) is 0 Å². The van der Waals surface area contributed by atoms with Crippen LogP contribution in [-0.4, -0.2) is 44.2 Å². The first-order valence-electron chi connectivity index (χ1n) is 10.4. The second-order valence-electron chi connectivity index (χ2n) is 7.64. The Hall–Kier alpha value is -2.74. The van der Waals surface area contributed by atoms with Crippen LogP contribution in [0.25, 0.3) is 10.8 Å². The van der Waals surface area contributed by atoms with E-state index in [1.165, 1.54) is 22.5 Å². The minimum Gasteiger partial charge on any atom is -0.454 e. The maximum atomic E-state index is 13.0. The summed E-state index contributed by atoms with van der Waals surface area (Å²) in [5.74, 6) is -1.13. The zero-order valence-electron chi connectivity index (χ0n) is 17.3. The molecule has 0 spiro atoms. The van der Waals surface area contributed by atoms with Gasteiger partial charge in [-0.3, -0.25) is 4.79 Å². The van der Waals surface area contributed by atoms with E-state index in [1.54, 1.807) is 12.1 Å². The first-order chi connectivity index (χ1) is 15.4. The number of fused-ring (bicyclic) bond motifs is 1. The average molecular weight is 472 g/mol. The van der Waals surface area contributed by atoms with Crippen LogP contribution in [0.15, 0.2) is 65.6 Å². The predicted octanol–water partition coefficient (Wildman–Crippen LogP) is 4.71. The van der Waals surface area contributed by atoms with E-state index < -0.39 is 22.6 Å². The van der Waals surface area contributed by atoms with Gasteiger partial charge in [-0.2, -0.15) is 4.31 Å². The van der Waals surface area contributed by atoms with Crippen LogP contribution in [0.5, 0.6) is 0 Å². The summed E-state index contributed by atoms with van der Waals surface area (Å²) in [7, 11) is -3.82. The summed E-state index contributed by atoms with van der Waals surface area (Å²) >= 11 is 6.16. The SMILES string of the molecule is O=C(OCC(=O)c1cccc2ccccc12)c1ccc(Cl)c(S(=O)(=O)N2CCCCC2)c1. The molecule has 0 amide bonds. The minimum atomic E-state index is -3.82. The van der Waals surface area contributed by atoms with Gasteiger partial charge in [0.05, 0.1) is 10.6 Å². The van der Waals surface area contributed by atoms with Gasteiger partial charge in [0.25, 0.3) is 0 Å². The molecule has 1 aliphatic heterocycles. The fourth-order valence-corrected chi connectivity index (χ4v) is 5.85. The van der Waals surface area contributed by atoms with Crippen molar-refractivity contribution in [2.45, 2.75) is 24.2 Å². The van der Waals surface area contributed by atoms with Gasteiger partial charge in [0.15, 0.2) is 6.61 Å². The van der Waals surface area contributed by atoms with Crippen LogP contribution in [0.1, 0.15) is 40.0 Å². The zero-order valence-corrected chi connectivity index (χ0v) is 18.9. The standard InChI is InChI=1S/C24H22ClNO5S/c25-21-12-11-18(15-23(21)32(29,30)26-13-4-1-5-14-26)24(28)31-16-22(27)20-10-6-8-17-7-2-3-9-19(17)20/h2-3,6-12,15H,1,4-5,13-14,16H2. The van der Waals surface area contributed by atoms with Crippen LogP contribution in [0.3, 0.4) is 0 Å². The number of Topliss-reactive ketones (excluding diaryl/α,β-unsaturated/α-hetero) is 1. The monoisotopic (exact) mass is 471 g/mol. The Bertz CT molecular complexity index is 1280. The van der Waals surface area contributed by atoms with Crippen molar-refractivity contribution in [3.05, 3.63) is 76.8 Å². The molecular weight excluding hydrogens is 450 g/mol. The molecule has 6 nitrogen and oxygen atoms in total. The lowest BCUT2D eigenvalue weighted by Crippen LogP contribution is -2.35. The summed E-state index contributed by atoms with van der Waals surface area (Å²) < 4.78 is 32.6.